The molecule has 1 N–H and O–H groups in total. The van der Waals surface area contributed by atoms with E-state index in [4.69, 9.17) is 21.1 Å². The van der Waals surface area contributed by atoms with E-state index in [1.54, 1.807) is 31.4 Å². The molecule has 0 aliphatic rings. The van der Waals surface area contributed by atoms with Gasteiger partial charge in [-0.15, -0.1) is 0 Å². The smallest absolute Gasteiger partial charge is 0.128 e. The number of ether oxygens (including phenoxy) is 2. The van der Waals surface area contributed by atoms with Crippen LogP contribution in [0.4, 0.5) is 4.39 Å². The van der Waals surface area contributed by atoms with Crippen molar-refractivity contribution >= 4 is 11.6 Å². The van der Waals surface area contributed by atoms with Crippen molar-refractivity contribution in [3.05, 3.63) is 58.4 Å². The molecular weight excluding hydrogens is 295 g/mol. The molecule has 5 heteroatoms. The topological polar surface area (TPSA) is 38.7 Å². The highest BCUT2D eigenvalue weighted by atomic mass is 35.5. The zero-order valence-corrected chi connectivity index (χ0v) is 12.5. The van der Waals surface area contributed by atoms with Crippen LogP contribution < -0.4 is 9.47 Å². The summed E-state index contributed by atoms with van der Waals surface area (Å²) in [5.74, 6) is 0.662. The Labute approximate surface area is 127 Å². The van der Waals surface area contributed by atoms with Gasteiger partial charge in [0, 0.05) is 28.6 Å². The van der Waals surface area contributed by atoms with Crippen LogP contribution in [0.1, 0.15) is 17.2 Å². The Morgan fingerprint density at radius 2 is 1.95 bits per heavy atom. The van der Waals surface area contributed by atoms with Gasteiger partial charge < -0.3 is 14.6 Å². The summed E-state index contributed by atoms with van der Waals surface area (Å²) in [4.78, 5) is 0. The Morgan fingerprint density at radius 1 is 1.19 bits per heavy atom. The van der Waals surface area contributed by atoms with Gasteiger partial charge in [-0.2, -0.15) is 0 Å². The van der Waals surface area contributed by atoms with Gasteiger partial charge in [0.05, 0.1) is 20.3 Å². The fourth-order valence-corrected chi connectivity index (χ4v) is 2.36. The van der Waals surface area contributed by atoms with Gasteiger partial charge in [-0.05, 0) is 24.3 Å². The molecule has 0 bridgehead atoms. The first-order chi connectivity index (χ1) is 10.1. The largest absolute Gasteiger partial charge is 0.497 e. The van der Waals surface area contributed by atoms with Gasteiger partial charge in [0.1, 0.15) is 17.3 Å². The number of methoxy groups -OCH3 is 2. The summed E-state index contributed by atoms with van der Waals surface area (Å²) in [6.07, 6.45) is -0.867. The van der Waals surface area contributed by atoms with Crippen LogP contribution in [0.2, 0.25) is 5.02 Å². The van der Waals surface area contributed by atoms with Gasteiger partial charge in [0.25, 0.3) is 0 Å². The van der Waals surface area contributed by atoms with Crippen LogP contribution >= 0.6 is 11.6 Å². The van der Waals surface area contributed by atoms with E-state index in [2.05, 4.69) is 0 Å². The van der Waals surface area contributed by atoms with Crippen molar-refractivity contribution < 1.29 is 19.0 Å². The van der Waals surface area contributed by atoms with Gasteiger partial charge in [-0.3, -0.25) is 0 Å². The summed E-state index contributed by atoms with van der Waals surface area (Å²) in [7, 11) is 3.05. The summed E-state index contributed by atoms with van der Waals surface area (Å²) in [5, 5.41) is 10.6. The van der Waals surface area contributed by atoms with Crippen LogP contribution in [0.25, 0.3) is 0 Å². The summed E-state index contributed by atoms with van der Waals surface area (Å²) in [6.45, 7) is 0. The Bertz CT molecular complexity index is 611. The lowest BCUT2D eigenvalue weighted by atomic mass is 10.00. The average molecular weight is 311 g/mol. The Morgan fingerprint density at radius 3 is 2.57 bits per heavy atom. The minimum Gasteiger partial charge on any atom is -0.497 e. The third-order valence-electron chi connectivity index (χ3n) is 3.26. The molecule has 0 spiro atoms. The lowest BCUT2D eigenvalue weighted by Gasteiger charge is -2.16. The highest BCUT2D eigenvalue weighted by Gasteiger charge is 2.18. The molecule has 2 aromatic carbocycles. The van der Waals surface area contributed by atoms with Crippen LogP contribution in [0.3, 0.4) is 0 Å². The molecule has 2 rings (SSSR count). The summed E-state index contributed by atoms with van der Waals surface area (Å²) < 4.78 is 24.1. The van der Waals surface area contributed by atoms with Crippen molar-refractivity contribution in [2.24, 2.45) is 0 Å². The van der Waals surface area contributed by atoms with Crippen LogP contribution in [-0.4, -0.2) is 19.3 Å². The number of rotatable bonds is 5. The third kappa shape index (κ3) is 3.46. The second-order valence-electron chi connectivity index (χ2n) is 4.53. The minimum absolute atomic E-state index is 0.0637. The number of aliphatic hydroxyl groups is 1. The van der Waals surface area contributed by atoms with Crippen molar-refractivity contribution in [2.45, 2.75) is 12.5 Å². The van der Waals surface area contributed by atoms with Gasteiger partial charge >= 0.3 is 0 Å². The first kappa shape index (κ1) is 15.6. The van der Waals surface area contributed by atoms with Crippen molar-refractivity contribution in [1.82, 2.24) is 0 Å². The predicted octanol–water partition coefficient (Wildman–Crippen LogP) is 3.77. The molecule has 3 nitrogen and oxygen atoms in total. The first-order valence-corrected chi connectivity index (χ1v) is 6.77. The average Bonchev–Trinajstić information content (AvgIpc) is 2.50. The molecule has 1 unspecified atom stereocenters. The van der Waals surface area contributed by atoms with E-state index in [1.807, 2.05) is 0 Å². The van der Waals surface area contributed by atoms with Gasteiger partial charge in [0.15, 0.2) is 0 Å². The van der Waals surface area contributed by atoms with E-state index in [9.17, 15) is 9.50 Å². The van der Waals surface area contributed by atoms with Crippen LogP contribution in [0.5, 0.6) is 11.5 Å². The molecule has 0 aromatic heterocycles. The molecule has 0 radical (unpaired) electrons. The molecule has 0 amide bonds. The number of benzene rings is 2. The van der Waals surface area contributed by atoms with E-state index in [0.717, 1.165) is 0 Å². The highest BCUT2D eigenvalue weighted by molar-refractivity contribution is 6.31. The molecule has 1 atom stereocenters. The normalized spacial score (nSPS) is 12.0. The monoisotopic (exact) mass is 310 g/mol. The van der Waals surface area contributed by atoms with Crippen LogP contribution in [0, 0.1) is 5.82 Å². The van der Waals surface area contributed by atoms with Crippen molar-refractivity contribution in [3.8, 4) is 11.5 Å². The molecule has 0 heterocycles. The van der Waals surface area contributed by atoms with E-state index < -0.39 is 11.9 Å². The van der Waals surface area contributed by atoms with Gasteiger partial charge in [0.2, 0.25) is 0 Å². The van der Waals surface area contributed by atoms with E-state index in [-0.39, 0.29) is 12.0 Å². The fourth-order valence-electron chi connectivity index (χ4n) is 2.12. The predicted molar refractivity (Wildman–Crippen MR) is 79.6 cm³/mol. The van der Waals surface area contributed by atoms with Crippen molar-refractivity contribution in [1.29, 1.82) is 0 Å². The number of aliphatic hydroxyl groups excluding tert-OH is 1. The van der Waals surface area contributed by atoms with Crippen molar-refractivity contribution in [3.63, 3.8) is 0 Å². The number of hydrogen-bond acceptors (Lipinski definition) is 3. The maximum Gasteiger partial charge on any atom is 0.128 e. The molecule has 21 heavy (non-hydrogen) atoms. The Hall–Kier alpha value is -1.78. The van der Waals surface area contributed by atoms with Crippen molar-refractivity contribution in [2.75, 3.05) is 14.2 Å². The molecule has 0 saturated carbocycles. The minimum atomic E-state index is -0.930. The van der Waals surface area contributed by atoms with E-state index >= 15 is 0 Å². The highest BCUT2D eigenvalue weighted by Crippen LogP contribution is 2.33. The van der Waals surface area contributed by atoms with Crippen LogP contribution in [-0.2, 0) is 6.42 Å². The van der Waals surface area contributed by atoms with Gasteiger partial charge in [-0.25, -0.2) is 4.39 Å². The molecule has 0 aliphatic carbocycles. The Kier molecular flexibility index (Phi) is 5.04. The summed E-state index contributed by atoms with van der Waals surface area (Å²) in [6, 6.07) is 9.52. The molecule has 0 fully saturated rings. The summed E-state index contributed by atoms with van der Waals surface area (Å²) >= 11 is 5.98. The molecule has 2 aromatic rings. The quantitative estimate of drug-likeness (QED) is 0.913. The van der Waals surface area contributed by atoms with Crippen LogP contribution in [0.15, 0.2) is 36.4 Å². The standard InChI is InChI=1S/C16H16ClFO3/c1-20-10-6-7-11(16(8-10)21-2)15(19)9-12-13(17)4-3-5-14(12)18/h3-8,15,19H,9H2,1-2H3. The summed E-state index contributed by atoms with van der Waals surface area (Å²) in [5.41, 5.74) is 0.835. The second-order valence-corrected chi connectivity index (χ2v) is 4.94. The molecular formula is C16H16ClFO3. The third-order valence-corrected chi connectivity index (χ3v) is 3.61. The zero-order chi connectivity index (χ0) is 15.4. The fraction of sp³-hybridized carbons (Fsp3) is 0.250. The first-order valence-electron chi connectivity index (χ1n) is 6.39. The number of hydrogen-bond donors (Lipinski definition) is 1. The maximum absolute atomic E-state index is 13.8. The van der Waals surface area contributed by atoms with E-state index in [0.29, 0.717) is 22.1 Å². The maximum atomic E-state index is 13.8. The zero-order valence-electron chi connectivity index (χ0n) is 11.8. The lowest BCUT2D eigenvalue weighted by molar-refractivity contribution is 0.172. The molecule has 112 valence electrons. The second kappa shape index (κ2) is 6.78. The molecule has 0 aliphatic heterocycles. The van der Waals surface area contributed by atoms with Gasteiger partial charge in [-0.1, -0.05) is 17.7 Å². The van der Waals surface area contributed by atoms with E-state index in [1.165, 1.54) is 19.2 Å². The number of halogens is 2. The lowest BCUT2D eigenvalue weighted by Crippen LogP contribution is -2.06. The SMILES string of the molecule is COc1ccc(C(O)Cc2c(F)cccc2Cl)c(OC)c1. The Balaban J connectivity index is 2.30. The molecule has 0 saturated heterocycles.